The number of amides is 1. The minimum atomic E-state index is -0.470. The summed E-state index contributed by atoms with van der Waals surface area (Å²) in [6.45, 7) is 1.95. The summed E-state index contributed by atoms with van der Waals surface area (Å²) in [6, 6.07) is 8.86. The van der Waals surface area contributed by atoms with Crippen LogP contribution in [0, 0.1) is 0 Å². The van der Waals surface area contributed by atoms with Gasteiger partial charge in [0.05, 0.1) is 18.8 Å². The van der Waals surface area contributed by atoms with Crippen molar-refractivity contribution in [2.45, 2.75) is 0 Å². The lowest BCUT2D eigenvalue weighted by atomic mass is 10.1. The second-order valence-corrected chi connectivity index (χ2v) is 7.22. The molecular formula is C18H16BrNO4S. The summed E-state index contributed by atoms with van der Waals surface area (Å²) in [6.07, 6.45) is 2.77. The van der Waals surface area contributed by atoms with Crippen LogP contribution in [-0.2, 0) is 4.74 Å². The van der Waals surface area contributed by atoms with E-state index in [-0.39, 0.29) is 11.5 Å². The number of morpholine rings is 1. The van der Waals surface area contributed by atoms with Crippen LogP contribution in [0.1, 0.15) is 15.2 Å². The number of thiophene rings is 1. The molecule has 0 radical (unpaired) electrons. The van der Waals surface area contributed by atoms with Gasteiger partial charge in [-0.15, -0.1) is 11.3 Å². The van der Waals surface area contributed by atoms with Crippen molar-refractivity contribution in [3.8, 4) is 5.75 Å². The molecule has 0 atom stereocenters. The fourth-order valence-electron chi connectivity index (χ4n) is 2.32. The lowest BCUT2D eigenvalue weighted by Crippen LogP contribution is -2.42. The van der Waals surface area contributed by atoms with Crippen molar-refractivity contribution >= 4 is 45.2 Å². The molecule has 25 heavy (non-hydrogen) atoms. The predicted molar refractivity (Wildman–Crippen MR) is 100 cm³/mol. The van der Waals surface area contributed by atoms with Gasteiger partial charge >= 0.3 is 6.09 Å². The molecule has 1 aromatic carbocycles. The van der Waals surface area contributed by atoms with Crippen LogP contribution in [0.15, 0.2) is 46.3 Å². The van der Waals surface area contributed by atoms with E-state index >= 15 is 0 Å². The lowest BCUT2D eigenvalue weighted by Gasteiger charge is -2.26. The maximum Gasteiger partial charge on any atom is 0.415 e. The van der Waals surface area contributed by atoms with Crippen LogP contribution in [0.3, 0.4) is 0 Å². The van der Waals surface area contributed by atoms with Crippen molar-refractivity contribution in [1.29, 1.82) is 0 Å². The number of carbonyl (C=O) groups excluding carboxylic acids is 2. The van der Waals surface area contributed by atoms with Crippen LogP contribution in [0.25, 0.3) is 6.08 Å². The van der Waals surface area contributed by atoms with Gasteiger partial charge in [0.2, 0.25) is 0 Å². The van der Waals surface area contributed by atoms with E-state index in [0.29, 0.717) is 31.9 Å². The Morgan fingerprint density at radius 2 is 2.04 bits per heavy atom. The largest absolute Gasteiger partial charge is 0.415 e. The molecule has 0 spiro atoms. The van der Waals surface area contributed by atoms with Gasteiger partial charge in [-0.1, -0.05) is 22.0 Å². The van der Waals surface area contributed by atoms with Gasteiger partial charge in [-0.2, -0.15) is 0 Å². The first-order valence-electron chi connectivity index (χ1n) is 7.73. The van der Waals surface area contributed by atoms with Gasteiger partial charge in [0.25, 0.3) is 0 Å². The molecule has 7 heteroatoms. The molecule has 130 valence electrons. The Bertz CT molecular complexity index is 782. The van der Waals surface area contributed by atoms with Crippen molar-refractivity contribution < 1.29 is 19.1 Å². The van der Waals surface area contributed by atoms with Gasteiger partial charge < -0.3 is 14.4 Å². The molecule has 1 amide bonds. The van der Waals surface area contributed by atoms with Crippen LogP contribution in [-0.4, -0.2) is 43.1 Å². The molecular weight excluding hydrogens is 406 g/mol. The third-order valence-electron chi connectivity index (χ3n) is 3.62. The highest BCUT2D eigenvalue weighted by molar-refractivity contribution is 9.10. The number of halogens is 1. The Morgan fingerprint density at radius 1 is 1.24 bits per heavy atom. The number of nitrogens with zero attached hydrogens (tertiary/aromatic N) is 1. The highest BCUT2D eigenvalue weighted by Gasteiger charge is 2.21. The standard InChI is InChI=1S/C18H16BrNO4S/c19-13-3-6-17(24-18(22)20-7-9-23-10-8-20)15(12-13)16(21)5-4-14-2-1-11-25-14/h1-6,11-12H,7-10H2. The Hall–Kier alpha value is -1.96. The van der Waals surface area contributed by atoms with Crippen LogP contribution in [0.2, 0.25) is 0 Å². The highest BCUT2D eigenvalue weighted by atomic mass is 79.9. The SMILES string of the molecule is O=C(C=Cc1cccs1)c1cc(Br)ccc1OC(=O)N1CCOCC1. The number of benzene rings is 1. The first kappa shape index (κ1) is 17.8. The molecule has 0 N–H and O–H groups in total. The zero-order chi connectivity index (χ0) is 17.6. The number of rotatable bonds is 4. The summed E-state index contributed by atoms with van der Waals surface area (Å²) in [5, 5.41) is 1.94. The third-order valence-corrected chi connectivity index (χ3v) is 4.95. The number of carbonyl (C=O) groups is 2. The van der Waals surface area contributed by atoms with Crippen LogP contribution < -0.4 is 4.74 Å². The molecule has 0 unspecified atom stereocenters. The summed E-state index contributed by atoms with van der Waals surface area (Å²) in [4.78, 5) is 27.4. The zero-order valence-electron chi connectivity index (χ0n) is 13.3. The second kappa shape index (κ2) is 8.42. The average Bonchev–Trinajstić information content (AvgIpc) is 3.15. The molecule has 0 saturated carbocycles. The molecule has 5 nitrogen and oxygen atoms in total. The number of ether oxygens (including phenoxy) is 2. The Morgan fingerprint density at radius 3 is 2.76 bits per heavy atom. The van der Waals surface area contributed by atoms with E-state index in [1.54, 1.807) is 40.5 Å². The quantitative estimate of drug-likeness (QED) is 0.547. The first-order chi connectivity index (χ1) is 12.1. The number of hydrogen-bond acceptors (Lipinski definition) is 5. The van der Waals surface area contributed by atoms with E-state index in [1.165, 1.54) is 6.08 Å². The van der Waals surface area contributed by atoms with Crippen molar-refractivity contribution in [3.05, 3.63) is 56.7 Å². The van der Waals surface area contributed by atoms with Crippen LogP contribution in [0.5, 0.6) is 5.75 Å². The Balaban J connectivity index is 1.77. The monoisotopic (exact) mass is 421 g/mol. The number of ketones is 1. The van der Waals surface area contributed by atoms with Crippen molar-refractivity contribution in [2.24, 2.45) is 0 Å². The minimum Gasteiger partial charge on any atom is -0.409 e. The first-order valence-corrected chi connectivity index (χ1v) is 9.41. The van der Waals surface area contributed by atoms with E-state index < -0.39 is 6.09 Å². The molecule has 3 rings (SSSR count). The Labute approximate surface area is 158 Å². The van der Waals surface area contributed by atoms with Crippen LogP contribution in [0.4, 0.5) is 4.79 Å². The fraction of sp³-hybridized carbons (Fsp3) is 0.222. The lowest BCUT2D eigenvalue weighted by molar-refractivity contribution is 0.0415. The maximum absolute atomic E-state index is 12.5. The molecule has 2 heterocycles. The van der Waals surface area contributed by atoms with E-state index in [0.717, 1.165) is 9.35 Å². The highest BCUT2D eigenvalue weighted by Crippen LogP contribution is 2.25. The molecule has 1 saturated heterocycles. The summed E-state index contributed by atoms with van der Waals surface area (Å²) in [5.74, 6) is 0.0278. The maximum atomic E-state index is 12.5. The van der Waals surface area contributed by atoms with Gasteiger partial charge in [0.15, 0.2) is 5.78 Å². The molecule has 1 fully saturated rings. The molecule has 1 aromatic heterocycles. The van der Waals surface area contributed by atoms with Gasteiger partial charge in [0.1, 0.15) is 5.75 Å². The van der Waals surface area contributed by atoms with Crippen LogP contribution >= 0.6 is 27.3 Å². The molecule has 0 bridgehead atoms. The minimum absolute atomic E-state index is 0.223. The summed E-state index contributed by atoms with van der Waals surface area (Å²) >= 11 is 4.90. The smallest absolute Gasteiger partial charge is 0.409 e. The van der Waals surface area contributed by atoms with Crippen molar-refractivity contribution in [1.82, 2.24) is 4.90 Å². The number of allylic oxidation sites excluding steroid dienone is 1. The van der Waals surface area contributed by atoms with Gasteiger partial charge in [-0.3, -0.25) is 4.79 Å². The van der Waals surface area contributed by atoms with E-state index in [9.17, 15) is 9.59 Å². The van der Waals surface area contributed by atoms with E-state index in [2.05, 4.69) is 15.9 Å². The predicted octanol–water partition coefficient (Wildman–Crippen LogP) is 4.24. The van der Waals surface area contributed by atoms with Crippen molar-refractivity contribution in [3.63, 3.8) is 0 Å². The van der Waals surface area contributed by atoms with Gasteiger partial charge in [-0.25, -0.2) is 4.79 Å². The molecule has 1 aliphatic heterocycles. The Kier molecular flexibility index (Phi) is 6.01. The van der Waals surface area contributed by atoms with Crippen molar-refractivity contribution in [2.75, 3.05) is 26.3 Å². The van der Waals surface area contributed by atoms with E-state index in [1.807, 2.05) is 17.5 Å². The zero-order valence-corrected chi connectivity index (χ0v) is 15.7. The normalized spacial score (nSPS) is 14.7. The molecule has 1 aliphatic rings. The van der Waals surface area contributed by atoms with Gasteiger partial charge in [0, 0.05) is 22.4 Å². The second-order valence-electron chi connectivity index (χ2n) is 5.32. The molecule has 2 aromatic rings. The van der Waals surface area contributed by atoms with E-state index in [4.69, 9.17) is 9.47 Å². The fourth-order valence-corrected chi connectivity index (χ4v) is 3.30. The molecule has 0 aliphatic carbocycles. The number of hydrogen-bond donors (Lipinski definition) is 0. The third kappa shape index (κ3) is 4.78. The summed E-state index contributed by atoms with van der Waals surface area (Å²) in [5.41, 5.74) is 0.337. The summed E-state index contributed by atoms with van der Waals surface area (Å²) in [7, 11) is 0. The summed E-state index contributed by atoms with van der Waals surface area (Å²) < 4.78 is 11.4. The average molecular weight is 422 g/mol. The van der Waals surface area contributed by atoms with Gasteiger partial charge in [-0.05, 0) is 41.8 Å². The topological polar surface area (TPSA) is 55.8 Å².